The van der Waals surface area contributed by atoms with Crippen LogP contribution in [-0.2, 0) is 6.54 Å². The fraction of sp³-hybridized carbons (Fsp3) is 0.0667. The Morgan fingerprint density at radius 3 is 2.62 bits per heavy atom. The Morgan fingerprint density at radius 2 is 2.00 bits per heavy atom. The number of nitrogens with one attached hydrogen (secondary N) is 1. The molecule has 2 aromatic carbocycles. The Balaban J connectivity index is 2.19. The van der Waals surface area contributed by atoms with Crippen LogP contribution in [0.2, 0.25) is 10.0 Å². The van der Waals surface area contributed by atoms with Crippen LogP contribution < -0.4 is 11.1 Å². The summed E-state index contributed by atoms with van der Waals surface area (Å²) in [4.78, 5) is 11.1. The Hall–Kier alpha value is -2.22. The molecule has 0 saturated carbocycles. The average molecular weight is 320 g/mol. The normalized spacial score (nSPS) is 9.95. The molecular formula is C15H11Cl2N3O. The predicted octanol–water partition coefficient (Wildman–Crippen LogP) is 3.58. The number of hydrogen-bond acceptors (Lipinski definition) is 3. The van der Waals surface area contributed by atoms with Crippen LogP contribution in [0.25, 0.3) is 0 Å². The van der Waals surface area contributed by atoms with Crippen LogP contribution in [0.15, 0.2) is 36.4 Å². The second-order valence-corrected chi connectivity index (χ2v) is 5.17. The Kier molecular flexibility index (Phi) is 4.69. The molecule has 0 aromatic heterocycles. The van der Waals surface area contributed by atoms with Gasteiger partial charge in [-0.3, -0.25) is 4.79 Å². The summed E-state index contributed by atoms with van der Waals surface area (Å²) in [5, 5.41) is 13.1. The van der Waals surface area contributed by atoms with Crippen molar-refractivity contribution in [1.29, 1.82) is 5.26 Å². The minimum Gasteiger partial charge on any atom is -0.380 e. The van der Waals surface area contributed by atoms with E-state index in [0.29, 0.717) is 33.4 Å². The quantitative estimate of drug-likeness (QED) is 0.904. The lowest BCUT2D eigenvalue weighted by atomic mass is 10.1. The van der Waals surface area contributed by atoms with E-state index in [1.54, 1.807) is 30.3 Å². The van der Waals surface area contributed by atoms with Crippen molar-refractivity contribution in [3.63, 3.8) is 0 Å². The molecule has 0 radical (unpaired) electrons. The number of primary amides is 1. The number of halogens is 2. The van der Waals surface area contributed by atoms with Crippen molar-refractivity contribution in [3.8, 4) is 6.07 Å². The van der Waals surface area contributed by atoms with Crippen LogP contribution >= 0.6 is 23.2 Å². The summed E-state index contributed by atoms with van der Waals surface area (Å²) >= 11 is 12.0. The van der Waals surface area contributed by atoms with Crippen LogP contribution in [0.4, 0.5) is 5.69 Å². The van der Waals surface area contributed by atoms with Crippen LogP contribution in [0.5, 0.6) is 0 Å². The Bertz CT molecular complexity index is 738. The zero-order valence-electron chi connectivity index (χ0n) is 10.9. The maximum absolute atomic E-state index is 11.1. The number of rotatable bonds is 4. The summed E-state index contributed by atoms with van der Waals surface area (Å²) < 4.78 is 0. The zero-order chi connectivity index (χ0) is 15.4. The van der Waals surface area contributed by atoms with Gasteiger partial charge in [0.05, 0.1) is 11.3 Å². The van der Waals surface area contributed by atoms with Gasteiger partial charge in [-0.25, -0.2) is 0 Å². The molecule has 0 fully saturated rings. The third-order valence-electron chi connectivity index (χ3n) is 2.91. The molecule has 0 saturated heterocycles. The first-order valence-electron chi connectivity index (χ1n) is 6.03. The molecule has 21 heavy (non-hydrogen) atoms. The number of benzene rings is 2. The van der Waals surface area contributed by atoms with E-state index in [-0.39, 0.29) is 0 Å². The van der Waals surface area contributed by atoms with E-state index in [9.17, 15) is 4.79 Å². The second kappa shape index (κ2) is 6.49. The summed E-state index contributed by atoms with van der Waals surface area (Å²) in [5.74, 6) is -0.530. The summed E-state index contributed by atoms with van der Waals surface area (Å²) in [7, 11) is 0. The number of nitriles is 1. The largest absolute Gasteiger partial charge is 0.380 e. The number of anilines is 1. The topological polar surface area (TPSA) is 78.9 Å². The van der Waals surface area contributed by atoms with E-state index >= 15 is 0 Å². The summed E-state index contributed by atoms with van der Waals surface area (Å²) in [6.45, 7) is 0.396. The van der Waals surface area contributed by atoms with E-state index < -0.39 is 5.91 Å². The van der Waals surface area contributed by atoms with Gasteiger partial charge in [-0.15, -0.1) is 0 Å². The lowest BCUT2D eigenvalue weighted by molar-refractivity contribution is 0.100. The number of hydrogen-bond donors (Lipinski definition) is 2. The Labute approximate surface area is 132 Å². The van der Waals surface area contributed by atoms with Gasteiger partial charge in [0.2, 0.25) is 5.91 Å². The molecule has 0 aliphatic heterocycles. The van der Waals surface area contributed by atoms with E-state index in [1.807, 2.05) is 0 Å². The first kappa shape index (κ1) is 15.2. The first-order chi connectivity index (χ1) is 10.0. The molecular weight excluding hydrogens is 309 g/mol. The van der Waals surface area contributed by atoms with Crippen molar-refractivity contribution in [2.45, 2.75) is 6.54 Å². The van der Waals surface area contributed by atoms with E-state index in [2.05, 4.69) is 11.4 Å². The van der Waals surface area contributed by atoms with Crippen LogP contribution in [0.1, 0.15) is 21.5 Å². The predicted molar refractivity (Wildman–Crippen MR) is 83.5 cm³/mol. The van der Waals surface area contributed by atoms with Crippen molar-refractivity contribution in [1.82, 2.24) is 0 Å². The minimum absolute atomic E-state index is 0.351. The number of amides is 1. The van der Waals surface area contributed by atoms with Gasteiger partial charge in [-0.05, 0) is 35.9 Å². The molecule has 0 unspecified atom stereocenters. The van der Waals surface area contributed by atoms with Crippen molar-refractivity contribution < 1.29 is 4.79 Å². The van der Waals surface area contributed by atoms with Gasteiger partial charge < -0.3 is 11.1 Å². The highest BCUT2D eigenvalue weighted by Crippen LogP contribution is 2.23. The lowest BCUT2D eigenvalue weighted by Crippen LogP contribution is -2.11. The molecule has 0 spiro atoms. The molecule has 2 rings (SSSR count). The van der Waals surface area contributed by atoms with E-state index in [0.717, 1.165) is 5.56 Å². The SMILES string of the molecule is N#Cc1ccc(Cl)cc1NCc1ccc(C(N)=O)cc1Cl. The monoisotopic (exact) mass is 319 g/mol. The molecule has 0 aliphatic carbocycles. The number of carbonyl (C=O) groups is 1. The smallest absolute Gasteiger partial charge is 0.248 e. The van der Waals surface area contributed by atoms with Gasteiger partial charge in [-0.1, -0.05) is 29.3 Å². The van der Waals surface area contributed by atoms with E-state index in [1.165, 1.54) is 6.07 Å². The summed E-state index contributed by atoms with van der Waals surface area (Å²) in [6.07, 6.45) is 0. The molecule has 0 atom stereocenters. The molecule has 4 nitrogen and oxygen atoms in total. The highest BCUT2D eigenvalue weighted by Gasteiger charge is 2.07. The maximum atomic E-state index is 11.1. The van der Waals surface area contributed by atoms with Gasteiger partial charge in [0.25, 0.3) is 0 Å². The first-order valence-corrected chi connectivity index (χ1v) is 6.78. The zero-order valence-corrected chi connectivity index (χ0v) is 12.4. The minimum atomic E-state index is -0.530. The maximum Gasteiger partial charge on any atom is 0.248 e. The van der Waals surface area contributed by atoms with Gasteiger partial charge >= 0.3 is 0 Å². The van der Waals surface area contributed by atoms with Gasteiger partial charge in [-0.2, -0.15) is 5.26 Å². The molecule has 106 valence electrons. The van der Waals surface area contributed by atoms with Crippen molar-refractivity contribution >= 4 is 34.8 Å². The second-order valence-electron chi connectivity index (χ2n) is 4.33. The third-order valence-corrected chi connectivity index (χ3v) is 3.50. The lowest BCUT2D eigenvalue weighted by Gasteiger charge is -2.10. The molecule has 0 bridgehead atoms. The number of carbonyl (C=O) groups excluding carboxylic acids is 1. The van der Waals surface area contributed by atoms with Gasteiger partial charge in [0, 0.05) is 22.2 Å². The van der Waals surface area contributed by atoms with E-state index in [4.69, 9.17) is 34.2 Å². The van der Waals surface area contributed by atoms with Crippen LogP contribution in [0.3, 0.4) is 0 Å². The van der Waals surface area contributed by atoms with Gasteiger partial charge in [0.15, 0.2) is 0 Å². The van der Waals surface area contributed by atoms with Crippen molar-refractivity contribution in [2.75, 3.05) is 5.32 Å². The standard InChI is InChI=1S/C15H11Cl2N3O/c16-12-4-3-10(7-18)14(6-12)20-8-11-2-1-9(15(19)21)5-13(11)17/h1-6,20H,8H2,(H2,19,21). The number of nitrogens with zero attached hydrogens (tertiary/aromatic N) is 1. The number of nitrogens with two attached hydrogens (primary N) is 1. The van der Waals surface area contributed by atoms with Crippen molar-refractivity contribution in [3.05, 3.63) is 63.1 Å². The average Bonchev–Trinajstić information content (AvgIpc) is 2.46. The van der Waals surface area contributed by atoms with Gasteiger partial charge in [0.1, 0.15) is 6.07 Å². The summed E-state index contributed by atoms with van der Waals surface area (Å²) in [6, 6.07) is 11.9. The third kappa shape index (κ3) is 3.66. The highest BCUT2D eigenvalue weighted by atomic mass is 35.5. The van der Waals surface area contributed by atoms with Crippen LogP contribution in [0, 0.1) is 11.3 Å². The highest BCUT2D eigenvalue weighted by molar-refractivity contribution is 6.32. The molecule has 6 heteroatoms. The Morgan fingerprint density at radius 1 is 1.24 bits per heavy atom. The molecule has 0 heterocycles. The summed E-state index contributed by atoms with van der Waals surface area (Å²) in [5.41, 5.74) is 7.44. The van der Waals surface area contributed by atoms with Crippen molar-refractivity contribution in [2.24, 2.45) is 5.73 Å². The molecule has 0 aliphatic rings. The van der Waals surface area contributed by atoms with Crippen LogP contribution in [-0.4, -0.2) is 5.91 Å². The fourth-order valence-corrected chi connectivity index (χ4v) is 2.21. The molecule has 2 aromatic rings. The molecule has 1 amide bonds. The molecule has 3 N–H and O–H groups in total. The fourth-order valence-electron chi connectivity index (χ4n) is 1.79.